The predicted molar refractivity (Wildman–Crippen MR) is 84.7 cm³/mol. The van der Waals surface area contributed by atoms with Gasteiger partial charge in [0.05, 0.1) is 18.0 Å². The minimum absolute atomic E-state index is 0.157. The van der Waals surface area contributed by atoms with Gasteiger partial charge in [-0.2, -0.15) is 0 Å². The first-order valence-electron chi connectivity index (χ1n) is 6.60. The van der Waals surface area contributed by atoms with Crippen LogP contribution in [0.4, 0.5) is 17.1 Å². The van der Waals surface area contributed by atoms with Crippen molar-refractivity contribution in [1.82, 2.24) is 5.32 Å². The van der Waals surface area contributed by atoms with Crippen molar-refractivity contribution < 1.29 is 9.53 Å². The maximum absolute atomic E-state index is 11.6. The molecule has 21 heavy (non-hydrogen) atoms. The lowest BCUT2D eigenvalue weighted by atomic mass is 10.1. The molecule has 0 radical (unpaired) electrons. The summed E-state index contributed by atoms with van der Waals surface area (Å²) in [6.45, 7) is 0.556. The topological polar surface area (TPSA) is 76.4 Å². The van der Waals surface area contributed by atoms with Gasteiger partial charge >= 0.3 is 0 Å². The van der Waals surface area contributed by atoms with Gasteiger partial charge in [0.15, 0.2) is 0 Å². The summed E-state index contributed by atoms with van der Waals surface area (Å²) in [5.74, 6) is -0.157. The zero-order chi connectivity index (χ0) is 15.2. The van der Waals surface area contributed by atoms with Crippen LogP contribution in [-0.4, -0.2) is 20.1 Å². The zero-order valence-corrected chi connectivity index (χ0v) is 12.1. The number of nitrogens with one attached hydrogen (secondary N) is 2. The summed E-state index contributed by atoms with van der Waals surface area (Å²) in [4.78, 5) is 11.6. The molecule has 2 rings (SSSR count). The molecule has 5 nitrogen and oxygen atoms in total. The number of amides is 1. The molecule has 0 aliphatic heterocycles. The number of nitrogen functional groups attached to an aromatic ring is 1. The zero-order valence-electron chi connectivity index (χ0n) is 12.1. The van der Waals surface area contributed by atoms with E-state index in [9.17, 15) is 4.79 Å². The number of benzene rings is 2. The number of hydrogen-bond acceptors (Lipinski definition) is 4. The number of anilines is 3. The Kier molecular flexibility index (Phi) is 4.79. The third-order valence-electron chi connectivity index (χ3n) is 3.06. The third kappa shape index (κ3) is 3.73. The highest BCUT2D eigenvalue weighted by Gasteiger charge is 2.07. The van der Waals surface area contributed by atoms with Crippen LogP contribution in [0.1, 0.15) is 15.9 Å². The van der Waals surface area contributed by atoms with Crippen LogP contribution < -0.4 is 16.4 Å². The Morgan fingerprint density at radius 3 is 2.71 bits per heavy atom. The van der Waals surface area contributed by atoms with Crippen LogP contribution in [0.25, 0.3) is 0 Å². The maximum atomic E-state index is 11.6. The second-order valence-corrected chi connectivity index (χ2v) is 4.64. The molecule has 2 aromatic rings. The number of carbonyl (C=O) groups excluding carboxylic acids is 1. The quantitative estimate of drug-likeness (QED) is 0.738. The van der Waals surface area contributed by atoms with Gasteiger partial charge in [-0.25, -0.2) is 0 Å². The second-order valence-electron chi connectivity index (χ2n) is 4.64. The molecule has 5 heteroatoms. The maximum Gasteiger partial charge on any atom is 0.251 e. The lowest BCUT2D eigenvalue weighted by Gasteiger charge is -2.11. The normalized spacial score (nSPS) is 10.2. The van der Waals surface area contributed by atoms with Crippen molar-refractivity contribution in [3.8, 4) is 0 Å². The van der Waals surface area contributed by atoms with E-state index >= 15 is 0 Å². The molecule has 0 atom stereocenters. The van der Waals surface area contributed by atoms with Crippen LogP contribution in [-0.2, 0) is 11.3 Å². The minimum atomic E-state index is -0.157. The summed E-state index contributed by atoms with van der Waals surface area (Å²) < 4.78 is 5.11. The van der Waals surface area contributed by atoms with E-state index in [1.54, 1.807) is 32.4 Å². The Balaban J connectivity index is 2.19. The number of carbonyl (C=O) groups is 1. The van der Waals surface area contributed by atoms with Gasteiger partial charge in [-0.05, 0) is 35.9 Å². The Hall–Kier alpha value is -2.53. The first-order valence-corrected chi connectivity index (χ1v) is 6.60. The summed E-state index contributed by atoms with van der Waals surface area (Å²) >= 11 is 0. The Morgan fingerprint density at radius 2 is 2.05 bits per heavy atom. The average molecular weight is 285 g/mol. The minimum Gasteiger partial charge on any atom is -0.397 e. The van der Waals surface area contributed by atoms with Gasteiger partial charge in [-0.15, -0.1) is 0 Å². The van der Waals surface area contributed by atoms with E-state index in [1.165, 1.54) is 0 Å². The van der Waals surface area contributed by atoms with Gasteiger partial charge in [0, 0.05) is 25.4 Å². The van der Waals surface area contributed by atoms with E-state index in [0.717, 1.165) is 16.9 Å². The molecule has 2 aromatic carbocycles. The number of ether oxygens (including phenoxy) is 1. The monoisotopic (exact) mass is 285 g/mol. The highest BCUT2D eigenvalue weighted by Crippen LogP contribution is 2.25. The summed E-state index contributed by atoms with van der Waals surface area (Å²) in [6, 6.07) is 13.1. The summed E-state index contributed by atoms with van der Waals surface area (Å²) in [6.07, 6.45) is 0. The standard InChI is InChI=1S/C16H19N3O2/c1-18-16(20)12-6-7-15(14(17)9-12)19-13-5-3-4-11(8-13)10-21-2/h3-9,19H,10,17H2,1-2H3,(H,18,20). The van der Waals surface area contributed by atoms with Crippen molar-refractivity contribution in [1.29, 1.82) is 0 Å². The highest BCUT2D eigenvalue weighted by molar-refractivity contribution is 5.96. The Labute approximate surface area is 124 Å². The molecular weight excluding hydrogens is 266 g/mol. The molecule has 0 spiro atoms. The fourth-order valence-electron chi connectivity index (χ4n) is 2.02. The van der Waals surface area contributed by atoms with Crippen molar-refractivity contribution in [2.75, 3.05) is 25.2 Å². The molecule has 0 saturated heterocycles. The van der Waals surface area contributed by atoms with Gasteiger partial charge < -0.3 is 21.1 Å². The van der Waals surface area contributed by atoms with E-state index < -0.39 is 0 Å². The number of methoxy groups -OCH3 is 1. The van der Waals surface area contributed by atoms with Crippen LogP contribution in [0.3, 0.4) is 0 Å². The van der Waals surface area contributed by atoms with E-state index in [2.05, 4.69) is 10.6 Å². The molecule has 0 fully saturated rings. The van der Waals surface area contributed by atoms with Crippen LogP contribution in [0.5, 0.6) is 0 Å². The van der Waals surface area contributed by atoms with Crippen LogP contribution in [0, 0.1) is 0 Å². The summed E-state index contributed by atoms with van der Waals surface area (Å²) in [5, 5.41) is 5.81. The molecule has 0 bridgehead atoms. The van der Waals surface area contributed by atoms with Crippen LogP contribution >= 0.6 is 0 Å². The van der Waals surface area contributed by atoms with E-state index in [4.69, 9.17) is 10.5 Å². The first-order chi connectivity index (χ1) is 10.1. The van der Waals surface area contributed by atoms with Crippen molar-refractivity contribution in [2.45, 2.75) is 6.61 Å². The predicted octanol–water partition coefficient (Wildman–Crippen LogP) is 2.52. The smallest absolute Gasteiger partial charge is 0.251 e. The summed E-state index contributed by atoms with van der Waals surface area (Å²) in [7, 11) is 3.25. The van der Waals surface area contributed by atoms with Gasteiger partial charge in [-0.3, -0.25) is 4.79 Å². The first kappa shape index (κ1) is 14.9. The Morgan fingerprint density at radius 1 is 1.24 bits per heavy atom. The summed E-state index contributed by atoms with van der Waals surface area (Å²) in [5.41, 5.74) is 9.80. The van der Waals surface area contributed by atoms with Crippen molar-refractivity contribution >= 4 is 23.0 Å². The molecule has 110 valence electrons. The number of nitrogens with two attached hydrogens (primary N) is 1. The van der Waals surface area contributed by atoms with E-state index in [0.29, 0.717) is 17.9 Å². The largest absolute Gasteiger partial charge is 0.397 e. The second kappa shape index (κ2) is 6.76. The molecule has 0 saturated carbocycles. The average Bonchev–Trinajstić information content (AvgIpc) is 2.49. The third-order valence-corrected chi connectivity index (χ3v) is 3.06. The van der Waals surface area contributed by atoms with E-state index in [-0.39, 0.29) is 5.91 Å². The van der Waals surface area contributed by atoms with Gasteiger partial charge in [0.2, 0.25) is 0 Å². The molecular formula is C16H19N3O2. The van der Waals surface area contributed by atoms with Gasteiger partial charge in [-0.1, -0.05) is 12.1 Å². The lowest BCUT2D eigenvalue weighted by Crippen LogP contribution is -2.17. The SMILES string of the molecule is CNC(=O)c1ccc(Nc2cccc(COC)c2)c(N)c1. The lowest BCUT2D eigenvalue weighted by molar-refractivity contribution is 0.0963. The molecule has 0 aliphatic rings. The Bertz CT molecular complexity index is 641. The fourth-order valence-corrected chi connectivity index (χ4v) is 2.02. The van der Waals surface area contributed by atoms with Crippen molar-refractivity contribution in [2.24, 2.45) is 0 Å². The molecule has 4 N–H and O–H groups in total. The van der Waals surface area contributed by atoms with Crippen LogP contribution in [0.2, 0.25) is 0 Å². The fraction of sp³-hybridized carbons (Fsp3) is 0.188. The van der Waals surface area contributed by atoms with E-state index in [1.807, 2.05) is 24.3 Å². The van der Waals surface area contributed by atoms with Gasteiger partial charge in [0.1, 0.15) is 0 Å². The van der Waals surface area contributed by atoms with Crippen molar-refractivity contribution in [3.63, 3.8) is 0 Å². The molecule has 1 amide bonds. The van der Waals surface area contributed by atoms with Crippen LogP contribution in [0.15, 0.2) is 42.5 Å². The molecule has 0 aliphatic carbocycles. The highest BCUT2D eigenvalue weighted by atomic mass is 16.5. The molecule has 0 aromatic heterocycles. The number of rotatable bonds is 5. The molecule has 0 unspecified atom stereocenters. The molecule has 0 heterocycles. The number of hydrogen-bond donors (Lipinski definition) is 3. The van der Waals surface area contributed by atoms with Gasteiger partial charge in [0.25, 0.3) is 5.91 Å². The van der Waals surface area contributed by atoms with Crippen molar-refractivity contribution in [3.05, 3.63) is 53.6 Å².